The van der Waals surface area contributed by atoms with E-state index in [1.165, 1.54) is 0 Å². The van der Waals surface area contributed by atoms with Crippen molar-refractivity contribution in [3.05, 3.63) is 24.3 Å². The second-order valence-corrected chi connectivity index (χ2v) is 6.98. The molecule has 0 bridgehead atoms. The average molecular weight is 405 g/mol. The topological polar surface area (TPSA) is 97.0 Å². The zero-order valence-electron chi connectivity index (χ0n) is 17.2. The molecular weight excluding hydrogens is 374 g/mol. The fourth-order valence-corrected chi connectivity index (χ4v) is 2.96. The third-order valence-electron chi connectivity index (χ3n) is 4.52. The first kappa shape index (κ1) is 22.7. The Morgan fingerprint density at radius 1 is 1.17 bits per heavy atom. The van der Waals surface area contributed by atoms with Crippen molar-refractivity contribution in [2.75, 3.05) is 38.2 Å². The van der Waals surface area contributed by atoms with Gasteiger partial charge in [-0.1, -0.05) is 20.3 Å². The lowest BCUT2D eigenvalue weighted by Gasteiger charge is -2.33. The Kier molecular flexibility index (Phi) is 9.43. The van der Waals surface area contributed by atoms with Crippen molar-refractivity contribution in [3.8, 4) is 5.75 Å². The quantitative estimate of drug-likeness (QED) is 0.431. The number of ether oxygens (including phenoxy) is 2. The van der Waals surface area contributed by atoms with Gasteiger partial charge in [0, 0.05) is 18.8 Å². The van der Waals surface area contributed by atoms with Gasteiger partial charge in [-0.3, -0.25) is 19.3 Å². The van der Waals surface area contributed by atoms with Crippen LogP contribution in [0.15, 0.2) is 24.3 Å². The lowest BCUT2D eigenvalue weighted by Crippen LogP contribution is -2.57. The summed E-state index contributed by atoms with van der Waals surface area (Å²) in [6, 6.07) is 6.48. The van der Waals surface area contributed by atoms with Crippen LogP contribution in [0.1, 0.15) is 39.5 Å². The molecule has 29 heavy (non-hydrogen) atoms. The van der Waals surface area contributed by atoms with Crippen molar-refractivity contribution in [2.24, 2.45) is 0 Å². The molecule has 1 heterocycles. The zero-order valence-corrected chi connectivity index (χ0v) is 17.2. The van der Waals surface area contributed by atoms with Crippen LogP contribution in [0.4, 0.5) is 5.69 Å². The normalized spacial score (nSPS) is 16.8. The highest BCUT2D eigenvalue weighted by atomic mass is 16.5. The van der Waals surface area contributed by atoms with Gasteiger partial charge in [0.25, 0.3) is 0 Å². The van der Waals surface area contributed by atoms with Gasteiger partial charge in [-0.05, 0) is 37.1 Å². The van der Waals surface area contributed by atoms with Gasteiger partial charge < -0.3 is 20.1 Å². The van der Waals surface area contributed by atoms with Crippen molar-refractivity contribution in [1.29, 1.82) is 0 Å². The Balaban J connectivity index is 1.88. The number of piperazine rings is 1. The van der Waals surface area contributed by atoms with E-state index in [1.54, 1.807) is 17.0 Å². The molecule has 1 saturated heterocycles. The Morgan fingerprint density at radius 3 is 2.62 bits per heavy atom. The lowest BCUT2D eigenvalue weighted by molar-refractivity contribution is -0.148. The fraction of sp³-hybridized carbons (Fsp3) is 0.571. The van der Waals surface area contributed by atoms with Gasteiger partial charge in [0.1, 0.15) is 11.8 Å². The molecule has 8 heteroatoms. The van der Waals surface area contributed by atoms with Crippen LogP contribution in [0.25, 0.3) is 0 Å². The summed E-state index contributed by atoms with van der Waals surface area (Å²) < 4.78 is 10.7. The van der Waals surface area contributed by atoms with Crippen LogP contribution >= 0.6 is 0 Å². The second-order valence-electron chi connectivity index (χ2n) is 6.98. The third-order valence-corrected chi connectivity index (χ3v) is 4.52. The number of unbranched alkanes of at least 4 members (excludes halogenated alkanes) is 1. The van der Waals surface area contributed by atoms with E-state index >= 15 is 0 Å². The molecule has 1 aliphatic heterocycles. The summed E-state index contributed by atoms with van der Waals surface area (Å²) in [5.74, 6) is -0.176. The van der Waals surface area contributed by atoms with E-state index in [4.69, 9.17) is 9.47 Å². The van der Waals surface area contributed by atoms with Gasteiger partial charge >= 0.3 is 5.97 Å². The highest BCUT2D eigenvalue weighted by Gasteiger charge is 2.33. The molecule has 1 unspecified atom stereocenters. The van der Waals surface area contributed by atoms with Gasteiger partial charge in [-0.15, -0.1) is 0 Å². The number of nitrogens with zero attached hydrogens (tertiary/aromatic N) is 1. The number of nitrogens with one attached hydrogen (secondary N) is 2. The smallest absolute Gasteiger partial charge is 0.307 e. The number of rotatable bonds is 11. The van der Waals surface area contributed by atoms with Crippen LogP contribution < -0.4 is 15.4 Å². The van der Waals surface area contributed by atoms with Crippen LogP contribution in [-0.4, -0.2) is 61.6 Å². The molecule has 1 atom stereocenters. The molecule has 2 amide bonds. The Bertz CT molecular complexity index is 677. The summed E-state index contributed by atoms with van der Waals surface area (Å²) in [4.78, 5) is 38.3. The molecule has 0 spiro atoms. The van der Waals surface area contributed by atoms with Gasteiger partial charge in [0.15, 0.2) is 0 Å². The maximum Gasteiger partial charge on any atom is 0.307 e. The van der Waals surface area contributed by atoms with Crippen LogP contribution in [0, 0.1) is 0 Å². The van der Waals surface area contributed by atoms with E-state index in [1.807, 2.05) is 19.1 Å². The van der Waals surface area contributed by atoms with Gasteiger partial charge in [-0.25, -0.2) is 0 Å². The minimum Gasteiger partial charge on any atom is -0.494 e. The first-order valence-electron chi connectivity index (χ1n) is 10.2. The Labute approximate surface area is 171 Å². The van der Waals surface area contributed by atoms with E-state index < -0.39 is 12.0 Å². The van der Waals surface area contributed by atoms with Crippen LogP contribution in [-0.2, 0) is 19.1 Å². The summed E-state index contributed by atoms with van der Waals surface area (Å²) in [6.45, 7) is 5.96. The predicted molar refractivity (Wildman–Crippen MR) is 110 cm³/mol. The minimum absolute atomic E-state index is 0.0217. The van der Waals surface area contributed by atoms with E-state index in [2.05, 4.69) is 17.6 Å². The minimum atomic E-state index is -0.701. The molecule has 0 radical (unpaired) electrons. The number of carbonyl (C=O) groups is 3. The van der Waals surface area contributed by atoms with Crippen LogP contribution in [0.5, 0.6) is 5.75 Å². The van der Waals surface area contributed by atoms with E-state index in [-0.39, 0.29) is 24.8 Å². The highest BCUT2D eigenvalue weighted by molar-refractivity contribution is 5.93. The van der Waals surface area contributed by atoms with Gasteiger partial charge in [0.05, 0.1) is 26.2 Å². The van der Waals surface area contributed by atoms with Gasteiger partial charge in [0.2, 0.25) is 11.8 Å². The van der Waals surface area contributed by atoms with Crippen LogP contribution in [0.3, 0.4) is 0 Å². The number of amides is 2. The third kappa shape index (κ3) is 7.73. The van der Waals surface area contributed by atoms with E-state index in [9.17, 15) is 14.4 Å². The summed E-state index contributed by atoms with van der Waals surface area (Å²) in [5, 5.41) is 5.56. The summed E-state index contributed by atoms with van der Waals surface area (Å²) >= 11 is 0. The molecule has 1 aromatic rings. The van der Waals surface area contributed by atoms with E-state index in [0.717, 1.165) is 25.0 Å². The summed E-state index contributed by atoms with van der Waals surface area (Å²) in [6.07, 6.45) is 2.72. The Hall–Kier alpha value is -2.61. The van der Waals surface area contributed by atoms with Crippen LogP contribution in [0.2, 0.25) is 0 Å². The number of hydrogen-bond acceptors (Lipinski definition) is 6. The molecule has 2 rings (SSSR count). The lowest BCUT2D eigenvalue weighted by atomic mass is 10.1. The Morgan fingerprint density at radius 2 is 1.93 bits per heavy atom. The monoisotopic (exact) mass is 405 g/mol. The fourth-order valence-electron chi connectivity index (χ4n) is 2.96. The standard InChI is InChI=1S/C21H31N3O5/c1-3-5-13-28-17-8-6-16(7-9-17)23-19(25)15-24-11-10-22-21(27)18(24)14-20(26)29-12-4-2/h6-9,18H,3-5,10-15H2,1-2H3,(H,22,27)(H,23,25). The van der Waals surface area contributed by atoms with Gasteiger partial charge in [-0.2, -0.15) is 0 Å². The maximum absolute atomic E-state index is 12.5. The predicted octanol–water partition coefficient (Wildman–Crippen LogP) is 1.95. The summed E-state index contributed by atoms with van der Waals surface area (Å²) in [5.41, 5.74) is 0.651. The molecule has 0 saturated carbocycles. The largest absolute Gasteiger partial charge is 0.494 e. The summed E-state index contributed by atoms with van der Waals surface area (Å²) in [7, 11) is 0. The molecule has 160 valence electrons. The number of hydrogen-bond donors (Lipinski definition) is 2. The number of anilines is 1. The molecule has 2 N–H and O–H groups in total. The first-order chi connectivity index (χ1) is 14.0. The molecule has 1 fully saturated rings. The first-order valence-corrected chi connectivity index (χ1v) is 10.2. The average Bonchev–Trinajstić information content (AvgIpc) is 2.70. The second kappa shape index (κ2) is 12.1. The molecule has 1 aromatic carbocycles. The number of benzene rings is 1. The van der Waals surface area contributed by atoms with Crippen molar-refractivity contribution in [1.82, 2.24) is 10.2 Å². The van der Waals surface area contributed by atoms with Crippen molar-refractivity contribution in [3.63, 3.8) is 0 Å². The molecule has 8 nitrogen and oxygen atoms in total. The maximum atomic E-state index is 12.5. The van der Waals surface area contributed by atoms with E-state index in [0.29, 0.717) is 32.0 Å². The van der Waals surface area contributed by atoms with Crippen molar-refractivity contribution < 1.29 is 23.9 Å². The molecule has 0 aromatic heterocycles. The zero-order chi connectivity index (χ0) is 21.1. The number of esters is 1. The number of carbonyl (C=O) groups excluding carboxylic acids is 3. The van der Waals surface area contributed by atoms with Crippen molar-refractivity contribution >= 4 is 23.5 Å². The SMILES string of the molecule is CCCCOc1ccc(NC(=O)CN2CCNC(=O)C2CC(=O)OCCC)cc1. The highest BCUT2D eigenvalue weighted by Crippen LogP contribution is 2.17. The molecular formula is C21H31N3O5. The van der Waals surface area contributed by atoms with Crippen molar-refractivity contribution in [2.45, 2.75) is 45.6 Å². The molecule has 1 aliphatic rings. The molecule has 0 aliphatic carbocycles.